The number of rotatable bonds is 6. The van der Waals surface area contributed by atoms with Crippen molar-refractivity contribution >= 4 is 17.5 Å². The smallest absolute Gasteiger partial charge is 0.252 e. The zero-order valence-corrected chi connectivity index (χ0v) is 14.6. The van der Waals surface area contributed by atoms with Gasteiger partial charge in [0.15, 0.2) is 0 Å². The van der Waals surface area contributed by atoms with E-state index in [0.717, 1.165) is 0 Å². The summed E-state index contributed by atoms with van der Waals surface area (Å²) in [6, 6.07) is 23.9. The Morgan fingerprint density at radius 3 is 2.00 bits per heavy atom. The lowest BCUT2D eigenvalue weighted by Crippen LogP contribution is -2.37. The first-order chi connectivity index (χ1) is 13.2. The van der Waals surface area contributed by atoms with Gasteiger partial charge in [-0.1, -0.05) is 60.7 Å². The number of anilines is 1. The minimum atomic E-state index is -0.837. The molecule has 1 atom stereocenters. The van der Waals surface area contributed by atoms with Gasteiger partial charge >= 0.3 is 0 Å². The first-order valence-electron chi connectivity index (χ1n) is 8.59. The van der Waals surface area contributed by atoms with Gasteiger partial charge in [-0.05, 0) is 35.4 Å². The van der Waals surface area contributed by atoms with Gasteiger partial charge in [-0.3, -0.25) is 9.59 Å². The molecule has 0 aliphatic carbocycles. The van der Waals surface area contributed by atoms with Crippen LogP contribution in [-0.2, 0) is 11.4 Å². The molecule has 0 aliphatic rings. The van der Waals surface area contributed by atoms with Gasteiger partial charge in [-0.25, -0.2) is 0 Å². The number of carbonyl (C=O) groups is 2. The SMILES string of the molecule is O=C(NC(C(=O)Nc1ccccc1)c1ccccc1)c1ccc(CO)cc1. The molecule has 0 aliphatic heterocycles. The van der Waals surface area contributed by atoms with Crippen LogP contribution in [0.5, 0.6) is 0 Å². The fourth-order valence-electron chi connectivity index (χ4n) is 2.66. The Kier molecular flexibility index (Phi) is 5.97. The van der Waals surface area contributed by atoms with Crippen LogP contribution in [0.1, 0.15) is 27.5 Å². The number of carbonyl (C=O) groups excluding carboxylic acids is 2. The van der Waals surface area contributed by atoms with Crippen LogP contribution in [0.4, 0.5) is 5.69 Å². The molecule has 0 aromatic heterocycles. The van der Waals surface area contributed by atoms with Gasteiger partial charge in [0, 0.05) is 11.3 Å². The summed E-state index contributed by atoms with van der Waals surface area (Å²) in [4.78, 5) is 25.5. The molecule has 1 unspecified atom stereocenters. The minimum Gasteiger partial charge on any atom is -0.392 e. The minimum absolute atomic E-state index is 0.0893. The summed E-state index contributed by atoms with van der Waals surface area (Å²) in [5, 5.41) is 14.7. The predicted molar refractivity (Wildman–Crippen MR) is 104 cm³/mol. The second-order valence-electron chi connectivity index (χ2n) is 6.03. The Labute approximate surface area is 157 Å². The van der Waals surface area contributed by atoms with Crippen molar-refractivity contribution in [3.63, 3.8) is 0 Å². The topological polar surface area (TPSA) is 78.4 Å². The van der Waals surface area contributed by atoms with Crippen molar-refractivity contribution < 1.29 is 14.7 Å². The molecule has 0 heterocycles. The average Bonchev–Trinajstić information content (AvgIpc) is 2.73. The van der Waals surface area contributed by atoms with Gasteiger partial charge in [0.25, 0.3) is 11.8 Å². The monoisotopic (exact) mass is 360 g/mol. The first-order valence-corrected chi connectivity index (χ1v) is 8.59. The number of aliphatic hydroxyl groups excluding tert-OH is 1. The highest BCUT2D eigenvalue weighted by molar-refractivity contribution is 6.01. The normalized spacial score (nSPS) is 11.4. The summed E-state index contributed by atoms with van der Waals surface area (Å²) >= 11 is 0. The van der Waals surface area contributed by atoms with E-state index in [1.807, 2.05) is 36.4 Å². The quantitative estimate of drug-likeness (QED) is 0.631. The van der Waals surface area contributed by atoms with Crippen molar-refractivity contribution in [1.29, 1.82) is 0 Å². The van der Waals surface area contributed by atoms with E-state index in [2.05, 4.69) is 10.6 Å². The van der Waals surface area contributed by atoms with E-state index >= 15 is 0 Å². The highest BCUT2D eigenvalue weighted by atomic mass is 16.3. The Bertz CT molecular complexity index is 894. The van der Waals surface area contributed by atoms with Gasteiger partial charge in [0.1, 0.15) is 6.04 Å². The van der Waals surface area contributed by atoms with E-state index in [-0.39, 0.29) is 18.4 Å². The second kappa shape index (κ2) is 8.78. The number of hydrogen-bond donors (Lipinski definition) is 3. The molecule has 3 N–H and O–H groups in total. The highest BCUT2D eigenvalue weighted by Crippen LogP contribution is 2.17. The Morgan fingerprint density at radius 1 is 0.815 bits per heavy atom. The summed E-state index contributed by atoms with van der Waals surface area (Å²) in [6.07, 6.45) is 0. The molecule has 27 heavy (non-hydrogen) atoms. The van der Waals surface area contributed by atoms with E-state index < -0.39 is 6.04 Å². The second-order valence-corrected chi connectivity index (χ2v) is 6.03. The van der Waals surface area contributed by atoms with Crippen LogP contribution in [0, 0.1) is 0 Å². The number of nitrogens with one attached hydrogen (secondary N) is 2. The van der Waals surface area contributed by atoms with E-state index in [1.54, 1.807) is 48.5 Å². The standard InChI is InChI=1S/C22H20N2O3/c25-15-16-11-13-18(14-12-16)21(26)24-20(17-7-3-1-4-8-17)22(27)23-19-9-5-2-6-10-19/h1-14,20,25H,15H2,(H,23,27)(H,24,26). The molecule has 2 amide bonds. The maximum Gasteiger partial charge on any atom is 0.252 e. The van der Waals surface area contributed by atoms with Crippen molar-refractivity contribution in [2.75, 3.05) is 5.32 Å². The molecule has 0 saturated heterocycles. The zero-order valence-electron chi connectivity index (χ0n) is 14.6. The summed E-state index contributed by atoms with van der Waals surface area (Å²) in [5.41, 5.74) is 2.48. The average molecular weight is 360 g/mol. The summed E-state index contributed by atoms with van der Waals surface area (Å²) in [6.45, 7) is -0.0893. The third-order valence-corrected chi connectivity index (χ3v) is 4.11. The van der Waals surface area contributed by atoms with Crippen molar-refractivity contribution in [1.82, 2.24) is 5.32 Å². The lowest BCUT2D eigenvalue weighted by Gasteiger charge is -2.19. The number of hydrogen-bond acceptors (Lipinski definition) is 3. The lowest BCUT2D eigenvalue weighted by molar-refractivity contribution is -0.118. The molecule has 5 nitrogen and oxygen atoms in total. The first kappa shape index (κ1) is 18.4. The van der Waals surface area contributed by atoms with Gasteiger partial charge in [-0.15, -0.1) is 0 Å². The Hall–Kier alpha value is -3.44. The maximum absolute atomic E-state index is 12.8. The van der Waals surface area contributed by atoms with Crippen LogP contribution < -0.4 is 10.6 Å². The molecule has 5 heteroatoms. The number of benzene rings is 3. The van der Waals surface area contributed by atoms with E-state index in [1.165, 1.54) is 0 Å². The van der Waals surface area contributed by atoms with Gasteiger partial charge in [0.2, 0.25) is 0 Å². The molecular formula is C22H20N2O3. The van der Waals surface area contributed by atoms with Crippen molar-refractivity contribution in [3.05, 3.63) is 102 Å². The van der Waals surface area contributed by atoms with Gasteiger partial charge < -0.3 is 15.7 Å². The summed E-state index contributed by atoms with van der Waals surface area (Å²) < 4.78 is 0. The third-order valence-electron chi connectivity index (χ3n) is 4.11. The molecule has 136 valence electrons. The molecule has 0 bridgehead atoms. The zero-order chi connectivity index (χ0) is 19.1. The molecule has 0 fully saturated rings. The molecule has 0 spiro atoms. The fraction of sp³-hybridized carbons (Fsp3) is 0.0909. The molecular weight excluding hydrogens is 340 g/mol. The third kappa shape index (κ3) is 4.80. The number of amides is 2. The Balaban J connectivity index is 1.81. The van der Waals surface area contributed by atoms with Gasteiger partial charge in [0.05, 0.1) is 6.61 Å². The number of para-hydroxylation sites is 1. The molecule has 3 rings (SSSR count). The number of aliphatic hydroxyl groups is 1. The van der Waals surface area contributed by atoms with E-state index in [4.69, 9.17) is 5.11 Å². The van der Waals surface area contributed by atoms with Crippen LogP contribution in [0.25, 0.3) is 0 Å². The Morgan fingerprint density at radius 2 is 1.41 bits per heavy atom. The highest BCUT2D eigenvalue weighted by Gasteiger charge is 2.23. The van der Waals surface area contributed by atoms with Crippen LogP contribution in [0.15, 0.2) is 84.9 Å². The molecule has 0 radical (unpaired) electrons. The molecule has 0 saturated carbocycles. The van der Waals surface area contributed by atoms with Gasteiger partial charge in [-0.2, -0.15) is 0 Å². The van der Waals surface area contributed by atoms with Crippen LogP contribution in [0.3, 0.4) is 0 Å². The van der Waals surface area contributed by atoms with E-state index in [0.29, 0.717) is 22.4 Å². The van der Waals surface area contributed by atoms with Crippen LogP contribution >= 0.6 is 0 Å². The van der Waals surface area contributed by atoms with E-state index in [9.17, 15) is 9.59 Å². The molecule has 3 aromatic carbocycles. The van der Waals surface area contributed by atoms with Crippen molar-refractivity contribution in [2.45, 2.75) is 12.6 Å². The van der Waals surface area contributed by atoms with Crippen LogP contribution in [-0.4, -0.2) is 16.9 Å². The summed E-state index contributed by atoms with van der Waals surface area (Å²) in [5.74, 6) is -0.690. The largest absolute Gasteiger partial charge is 0.392 e. The predicted octanol–water partition coefficient (Wildman–Crippen LogP) is 3.29. The molecule has 3 aromatic rings. The maximum atomic E-state index is 12.8. The van der Waals surface area contributed by atoms with Crippen molar-refractivity contribution in [2.24, 2.45) is 0 Å². The van der Waals surface area contributed by atoms with Crippen LogP contribution in [0.2, 0.25) is 0 Å². The van der Waals surface area contributed by atoms with Crippen molar-refractivity contribution in [3.8, 4) is 0 Å². The fourth-order valence-corrected chi connectivity index (χ4v) is 2.66. The summed E-state index contributed by atoms with van der Waals surface area (Å²) in [7, 11) is 0. The lowest BCUT2D eigenvalue weighted by atomic mass is 10.0.